The second-order valence-corrected chi connectivity index (χ2v) is 5.73. The lowest BCUT2D eigenvalue weighted by atomic mass is 10.0. The third-order valence-corrected chi connectivity index (χ3v) is 4.15. The number of rotatable bonds is 2. The summed E-state index contributed by atoms with van der Waals surface area (Å²) in [6.07, 6.45) is 3.23. The second-order valence-electron chi connectivity index (χ2n) is 5.73. The zero-order chi connectivity index (χ0) is 14.1. The second kappa shape index (κ2) is 5.23. The first-order valence-corrected chi connectivity index (χ1v) is 7.13. The fraction of sp³-hybridized carbons (Fsp3) is 0.353. The molecule has 2 atom stereocenters. The largest absolute Gasteiger partial charge is 0.349 e. The highest BCUT2D eigenvalue weighted by Crippen LogP contribution is 2.26. The molecule has 0 heterocycles. The highest BCUT2D eigenvalue weighted by Gasteiger charge is 2.23. The van der Waals surface area contributed by atoms with Gasteiger partial charge in [-0.1, -0.05) is 31.2 Å². The van der Waals surface area contributed by atoms with E-state index < -0.39 is 0 Å². The van der Waals surface area contributed by atoms with Crippen LogP contribution in [-0.4, -0.2) is 11.9 Å². The molecule has 1 aliphatic carbocycles. The Morgan fingerprint density at radius 1 is 1.15 bits per heavy atom. The van der Waals surface area contributed by atoms with Crippen molar-refractivity contribution in [3.63, 3.8) is 0 Å². The Bertz CT molecular complexity index is 652. The molecular formula is C17H18FNO. The summed E-state index contributed by atoms with van der Waals surface area (Å²) in [7, 11) is 0. The predicted molar refractivity (Wildman–Crippen MR) is 78.2 cm³/mol. The van der Waals surface area contributed by atoms with Crippen LogP contribution in [0.5, 0.6) is 0 Å². The number of nitrogens with one attached hydrogen (secondary N) is 1. The molecular weight excluding hydrogens is 253 g/mol. The lowest BCUT2D eigenvalue weighted by molar-refractivity contribution is 0.0939. The van der Waals surface area contributed by atoms with Crippen molar-refractivity contribution in [1.82, 2.24) is 5.32 Å². The first-order valence-electron chi connectivity index (χ1n) is 7.13. The Kier molecular flexibility index (Phi) is 3.43. The summed E-state index contributed by atoms with van der Waals surface area (Å²) in [5.74, 6) is 0.289. The van der Waals surface area contributed by atoms with Crippen molar-refractivity contribution in [2.24, 2.45) is 5.92 Å². The number of halogens is 1. The Morgan fingerprint density at radius 2 is 1.90 bits per heavy atom. The van der Waals surface area contributed by atoms with Crippen LogP contribution in [0.15, 0.2) is 36.4 Å². The van der Waals surface area contributed by atoms with Crippen LogP contribution in [0.25, 0.3) is 10.8 Å². The molecule has 1 aliphatic rings. The van der Waals surface area contributed by atoms with Gasteiger partial charge in [0.25, 0.3) is 5.91 Å². The molecule has 0 aromatic heterocycles. The standard InChI is InChI=1S/C17H18FNO/c1-11-6-7-12(10-11)19-17(20)15-8-9-16(18)14-5-3-2-4-13(14)15/h2-5,8-9,11-12H,6-7,10H2,1H3,(H,19,20). The zero-order valence-electron chi connectivity index (χ0n) is 11.5. The van der Waals surface area contributed by atoms with E-state index in [1.165, 1.54) is 6.07 Å². The quantitative estimate of drug-likeness (QED) is 0.882. The molecule has 0 bridgehead atoms. The van der Waals surface area contributed by atoms with Crippen molar-refractivity contribution in [2.45, 2.75) is 32.2 Å². The molecule has 1 saturated carbocycles. The molecule has 2 aromatic rings. The fourth-order valence-electron chi connectivity index (χ4n) is 3.06. The molecule has 3 rings (SSSR count). The van der Waals surface area contributed by atoms with Gasteiger partial charge in [0.15, 0.2) is 0 Å². The fourth-order valence-corrected chi connectivity index (χ4v) is 3.06. The van der Waals surface area contributed by atoms with E-state index in [0.717, 1.165) is 19.3 Å². The molecule has 2 aromatic carbocycles. The average Bonchev–Trinajstić information content (AvgIpc) is 2.84. The average molecular weight is 271 g/mol. The van der Waals surface area contributed by atoms with Gasteiger partial charge in [-0.3, -0.25) is 4.79 Å². The van der Waals surface area contributed by atoms with Crippen molar-refractivity contribution in [3.8, 4) is 0 Å². The Morgan fingerprint density at radius 3 is 2.60 bits per heavy atom. The first kappa shape index (κ1) is 13.1. The third kappa shape index (κ3) is 2.40. The number of hydrogen-bond acceptors (Lipinski definition) is 1. The molecule has 0 saturated heterocycles. The van der Waals surface area contributed by atoms with Crippen molar-refractivity contribution in [1.29, 1.82) is 0 Å². The van der Waals surface area contributed by atoms with Crippen molar-refractivity contribution in [2.75, 3.05) is 0 Å². The van der Waals surface area contributed by atoms with E-state index in [-0.39, 0.29) is 17.8 Å². The van der Waals surface area contributed by atoms with E-state index >= 15 is 0 Å². The van der Waals surface area contributed by atoms with Gasteiger partial charge in [-0.05, 0) is 42.7 Å². The number of benzene rings is 2. The summed E-state index contributed by atoms with van der Waals surface area (Å²) >= 11 is 0. The molecule has 2 unspecified atom stereocenters. The highest BCUT2D eigenvalue weighted by atomic mass is 19.1. The van der Waals surface area contributed by atoms with Crippen molar-refractivity contribution >= 4 is 16.7 Å². The summed E-state index contributed by atoms with van der Waals surface area (Å²) in [4.78, 5) is 12.4. The van der Waals surface area contributed by atoms with Crippen LogP contribution in [-0.2, 0) is 0 Å². The molecule has 1 N–H and O–H groups in total. The molecule has 104 valence electrons. The minimum absolute atomic E-state index is 0.0969. The summed E-state index contributed by atoms with van der Waals surface area (Å²) in [6, 6.07) is 10.3. The minimum atomic E-state index is -0.286. The normalized spacial score (nSPS) is 22.1. The van der Waals surface area contributed by atoms with E-state index in [9.17, 15) is 9.18 Å². The van der Waals surface area contributed by atoms with E-state index in [4.69, 9.17) is 0 Å². The maximum absolute atomic E-state index is 13.8. The number of hydrogen-bond donors (Lipinski definition) is 1. The minimum Gasteiger partial charge on any atom is -0.349 e. The van der Waals surface area contributed by atoms with Crippen LogP contribution in [0.1, 0.15) is 36.5 Å². The van der Waals surface area contributed by atoms with Gasteiger partial charge < -0.3 is 5.32 Å². The highest BCUT2D eigenvalue weighted by molar-refractivity contribution is 6.07. The van der Waals surface area contributed by atoms with Crippen LogP contribution >= 0.6 is 0 Å². The number of carbonyl (C=O) groups excluding carboxylic acids is 1. The first-order chi connectivity index (χ1) is 9.65. The monoisotopic (exact) mass is 271 g/mol. The lowest BCUT2D eigenvalue weighted by Crippen LogP contribution is -2.33. The predicted octanol–water partition coefficient (Wildman–Crippen LogP) is 3.90. The molecule has 20 heavy (non-hydrogen) atoms. The SMILES string of the molecule is CC1CCC(NC(=O)c2ccc(F)c3ccccc23)C1. The third-order valence-electron chi connectivity index (χ3n) is 4.15. The van der Waals surface area contributed by atoms with Gasteiger partial charge >= 0.3 is 0 Å². The molecule has 0 spiro atoms. The number of fused-ring (bicyclic) bond motifs is 1. The van der Waals surface area contributed by atoms with Gasteiger partial charge in [0.05, 0.1) is 0 Å². The Labute approximate surface area is 118 Å². The van der Waals surface area contributed by atoms with Crippen LogP contribution in [0, 0.1) is 11.7 Å². The number of carbonyl (C=O) groups is 1. The summed E-state index contributed by atoms with van der Waals surface area (Å²) in [6.45, 7) is 2.21. The van der Waals surface area contributed by atoms with Crippen LogP contribution in [0.4, 0.5) is 4.39 Å². The summed E-state index contributed by atoms with van der Waals surface area (Å²) in [5.41, 5.74) is 0.557. The topological polar surface area (TPSA) is 29.1 Å². The maximum Gasteiger partial charge on any atom is 0.252 e. The zero-order valence-corrected chi connectivity index (χ0v) is 11.5. The van der Waals surface area contributed by atoms with Crippen LogP contribution < -0.4 is 5.32 Å². The number of amides is 1. The Hall–Kier alpha value is -1.90. The van der Waals surface area contributed by atoms with Crippen molar-refractivity contribution < 1.29 is 9.18 Å². The van der Waals surface area contributed by atoms with E-state index in [1.54, 1.807) is 24.3 Å². The van der Waals surface area contributed by atoms with E-state index in [1.807, 2.05) is 6.07 Å². The van der Waals surface area contributed by atoms with E-state index in [2.05, 4.69) is 12.2 Å². The van der Waals surface area contributed by atoms with Gasteiger partial charge in [-0.25, -0.2) is 4.39 Å². The summed E-state index contributed by atoms with van der Waals surface area (Å²) in [5, 5.41) is 4.25. The smallest absolute Gasteiger partial charge is 0.252 e. The van der Waals surface area contributed by atoms with Gasteiger partial charge in [0.2, 0.25) is 0 Å². The molecule has 3 heteroatoms. The molecule has 1 fully saturated rings. The van der Waals surface area contributed by atoms with Gasteiger partial charge in [0.1, 0.15) is 5.82 Å². The van der Waals surface area contributed by atoms with E-state index in [0.29, 0.717) is 22.3 Å². The molecule has 0 radical (unpaired) electrons. The van der Waals surface area contributed by atoms with Gasteiger partial charge in [-0.15, -0.1) is 0 Å². The van der Waals surface area contributed by atoms with Crippen LogP contribution in [0.2, 0.25) is 0 Å². The molecule has 2 nitrogen and oxygen atoms in total. The molecule has 0 aliphatic heterocycles. The van der Waals surface area contributed by atoms with Crippen LogP contribution in [0.3, 0.4) is 0 Å². The van der Waals surface area contributed by atoms with Crippen molar-refractivity contribution in [3.05, 3.63) is 47.8 Å². The summed E-state index contributed by atoms with van der Waals surface area (Å²) < 4.78 is 13.8. The Balaban J connectivity index is 1.90. The molecule has 1 amide bonds. The van der Waals surface area contributed by atoms with Gasteiger partial charge in [-0.2, -0.15) is 0 Å². The van der Waals surface area contributed by atoms with Gasteiger partial charge in [0, 0.05) is 17.0 Å². The lowest BCUT2D eigenvalue weighted by Gasteiger charge is -2.14. The maximum atomic E-state index is 13.8.